The van der Waals surface area contributed by atoms with E-state index in [1.54, 1.807) is 0 Å². The molecular formula is C12H25N. The average molecular weight is 183 g/mol. The third-order valence-corrected chi connectivity index (χ3v) is 3.31. The molecule has 1 fully saturated rings. The van der Waals surface area contributed by atoms with Crippen LogP contribution < -0.4 is 5.32 Å². The van der Waals surface area contributed by atoms with Crippen LogP contribution >= 0.6 is 0 Å². The molecule has 0 unspecified atom stereocenters. The first-order valence-corrected chi connectivity index (χ1v) is 5.77. The summed E-state index contributed by atoms with van der Waals surface area (Å²) in [5, 5.41) is 3.72. The Bertz CT molecular complexity index is 143. The van der Waals surface area contributed by atoms with Gasteiger partial charge in [0.1, 0.15) is 0 Å². The highest BCUT2D eigenvalue weighted by Gasteiger charge is 2.28. The smallest absolute Gasteiger partial charge is 0.0153 e. The van der Waals surface area contributed by atoms with Gasteiger partial charge in [-0.1, -0.05) is 20.8 Å². The maximum atomic E-state index is 3.72. The van der Waals surface area contributed by atoms with Crippen LogP contribution in [0, 0.1) is 11.8 Å². The third-order valence-electron chi connectivity index (χ3n) is 3.31. The topological polar surface area (TPSA) is 12.0 Å². The first-order valence-electron chi connectivity index (χ1n) is 5.77. The molecule has 0 heterocycles. The molecule has 13 heavy (non-hydrogen) atoms. The molecule has 0 radical (unpaired) electrons. The van der Waals surface area contributed by atoms with E-state index in [4.69, 9.17) is 0 Å². The molecule has 1 heteroatoms. The molecule has 0 bridgehead atoms. The van der Waals surface area contributed by atoms with Gasteiger partial charge in [0.15, 0.2) is 0 Å². The van der Waals surface area contributed by atoms with Gasteiger partial charge in [-0.2, -0.15) is 0 Å². The van der Waals surface area contributed by atoms with Crippen molar-refractivity contribution in [3.05, 3.63) is 0 Å². The Balaban J connectivity index is 2.30. The van der Waals surface area contributed by atoms with Gasteiger partial charge in [-0.15, -0.1) is 0 Å². The van der Waals surface area contributed by atoms with Crippen LogP contribution in [0.4, 0.5) is 0 Å². The Labute approximate surface area is 83.3 Å². The Hall–Kier alpha value is -0.0400. The van der Waals surface area contributed by atoms with E-state index in [9.17, 15) is 0 Å². The number of hydrogen-bond donors (Lipinski definition) is 1. The van der Waals surface area contributed by atoms with Crippen LogP contribution in [0.1, 0.15) is 53.4 Å². The van der Waals surface area contributed by atoms with E-state index in [0.29, 0.717) is 5.54 Å². The van der Waals surface area contributed by atoms with Gasteiger partial charge in [0.05, 0.1) is 0 Å². The Morgan fingerprint density at radius 3 is 2.31 bits per heavy atom. The summed E-state index contributed by atoms with van der Waals surface area (Å²) in [7, 11) is 0. The van der Waals surface area contributed by atoms with Crippen LogP contribution in [0.3, 0.4) is 0 Å². The summed E-state index contributed by atoms with van der Waals surface area (Å²) < 4.78 is 0. The fourth-order valence-electron chi connectivity index (χ4n) is 2.03. The monoisotopic (exact) mass is 183 g/mol. The predicted molar refractivity (Wildman–Crippen MR) is 58.9 cm³/mol. The van der Waals surface area contributed by atoms with Crippen molar-refractivity contribution in [2.75, 3.05) is 6.54 Å². The minimum Gasteiger partial charge on any atom is -0.311 e. The molecule has 1 rings (SSSR count). The van der Waals surface area contributed by atoms with Crippen molar-refractivity contribution in [1.29, 1.82) is 0 Å². The van der Waals surface area contributed by atoms with Crippen LogP contribution in [-0.4, -0.2) is 12.1 Å². The number of nitrogens with one attached hydrogen (secondary N) is 1. The second-order valence-corrected chi connectivity index (χ2v) is 5.52. The Morgan fingerprint density at radius 1 is 1.31 bits per heavy atom. The zero-order valence-corrected chi connectivity index (χ0v) is 9.69. The summed E-state index contributed by atoms with van der Waals surface area (Å²) in [4.78, 5) is 0. The molecule has 0 atom stereocenters. The van der Waals surface area contributed by atoms with Gasteiger partial charge in [0.25, 0.3) is 0 Å². The molecule has 1 aliphatic rings. The van der Waals surface area contributed by atoms with Crippen LogP contribution in [0.2, 0.25) is 0 Å². The maximum Gasteiger partial charge on any atom is 0.0153 e. The Morgan fingerprint density at radius 2 is 1.85 bits per heavy atom. The summed E-state index contributed by atoms with van der Waals surface area (Å²) in [6.07, 6.45) is 5.53. The summed E-state index contributed by atoms with van der Waals surface area (Å²) in [5.41, 5.74) is 0.441. The minimum absolute atomic E-state index is 0.441. The lowest BCUT2D eigenvalue weighted by Gasteiger charge is -2.37. The minimum atomic E-state index is 0.441. The highest BCUT2D eigenvalue weighted by molar-refractivity contribution is 4.88. The lowest BCUT2D eigenvalue weighted by atomic mass is 9.78. The summed E-state index contributed by atoms with van der Waals surface area (Å²) >= 11 is 0. The molecule has 0 spiro atoms. The van der Waals surface area contributed by atoms with E-state index in [0.717, 1.165) is 11.8 Å². The number of hydrogen-bond acceptors (Lipinski definition) is 1. The van der Waals surface area contributed by atoms with Gasteiger partial charge < -0.3 is 5.32 Å². The van der Waals surface area contributed by atoms with E-state index < -0.39 is 0 Å². The molecule has 0 aliphatic heterocycles. The molecular weight excluding hydrogens is 158 g/mol. The molecule has 0 aromatic rings. The Kier molecular flexibility index (Phi) is 3.78. The normalized spacial score (nSPS) is 35.3. The second kappa shape index (κ2) is 4.45. The second-order valence-electron chi connectivity index (χ2n) is 5.52. The average Bonchev–Trinajstić information content (AvgIpc) is 2.08. The molecule has 1 nitrogen and oxygen atoms in total. The predicted octanol–water partition coefficient (Wildman–Crippen LogP) is 3.20. The van der Waals surface area contributed by atoms with Crippen molar-refractivity contribution in [3.63, 3.8) is 0 Å². The first-order chi connectivity index (χ1) is 6.02. The SMILES string of the molecule is CC(C)CNC1(C)CCC(C)CC1. The van der Waals surface area contributed by atoms with Crippen molar-refractivity contribution in [3.8, 4) is 0 Å². The molecule has 0 saturated heterocycles. The zero-order valence-electron chi connectivity index (χ0n) is 9.69. The van der Waals surface area contributed by atoms with Crippen molar-refractivity contribution in [1.82, 2.24) is 5.32 Å². The molecule has 0 aromatic heterocycles. The number of rotatable bonds is 3. The van der Waals surface area contributed by atoms with Crippen molar-refractivity contribution < 1.29 is 0 Å². The van der Waals surface area contributed by atoms with Crippen LogP contribution in [-0.2, 0) is 0 Å². The van der Waals surface area contributed by atoms with Crippen LogP contribution in [0.5, 0.6) is 0 Å². The molecule has 0 aromatic carbocycles. The largest absolute Gasteiger partial charge is 0.311 e. The van der Waals surface area contributed by atoms with Crippen LogP contribution in [0.25, 0.3) is 0 Å². The quantitative estimate of drug-likeness (QED) is 0.708. The van der Waals surface area contributed by atoms with E-state index in [-0.39, 0.29) is 0 Å². The summed E-state index contributed by atoms with van der Waals surface area (Å²) in [6.45, 7) is 10.5. The van der Waals surface area contributed by atoms with Gasteiger partial charge in [0, 0.05) is 5.54 Å². The van der Waals surface area contributed by atoms with Crippen molar-refractivity contribution in [2.45, 2.75) is 58.9 Å². The lowest BCUT2D eigenvalue weighted by Crippen LogP contribution is -2.46. The van der Waals surface area contributed by atoms with Gasteiger partial charge in [-0.25, -0.2) is 0 Å². The standard InChI is InChI=1S/C12H25N/c1-10(2)9-13-12(4)7-5-11(3)6-8-12/h10-11,13H,5-9H2,1-4H3. The van der Waals surface area contributed by atoms with Gasteiger partial charge in [-0.05, 0) is 51.0 Å². The molecule has 0 amide bonds. The molecule has 78 valence electrons. The summed E-state index contributed by atoms with van der Waals surface area (Å²) in [6, 6.07) is 0. The van der Waals surface area contributed by atoms with E-state index >= 15 is 0 Å². The lowest BCUT2D eigenvalue weighted by molar-refractivity contribution is 0.208. The molecule has 1 aliphatic carbocycles. The first kappa shape index (κ1) is 11.0. The van der Waals surface area contributed by atoms with Crippen molar-refractivity contribution in [2.24, 2.45) is 11.8 Å². The molecule has 1 N–H and O–H groups in total. The van der Waals surface area contributed by atoms with E-state index in [1.165, 1.54) is 32.2 Å². The highest BCUT2D eigenvalue weighted by Crippen LogP contribution is 2.31. The molecule has 1 saturated carbocycles. The van der Waals surface area contributed by atoms with Crippen molar-refractivity contribution >= 4 is 0 Å². The zero-order chi connectivity index (χ0) is 9.90. The van der Waals surface area contributed by atoms with Gasteiger partial charge in [-0.3, -0.25) is 0 Å². The highest BCUT2D eigenvalue weighted by atomic mass is 15.0. The van der Waals surface area contributed by atoms with Crippen LogP contribution in [0.15, 0.2) is 0 Å². The van der Waals surface area contributed by atoms with Gasteiger partial charge >= 0.3 is 0 Å². The van der Waals surface area contributed by atoms with E-state index in [1.807, 2.05) is 0 Å². The fourth-order valence-corrected chi connectivity index (χ4v) is 2.03. The third kappa shape index (κ3) is 3.68. The fraction of sp³-hybridized carbons (Fsp3) is 1.00. The summed E-state index contributed by atoms with van der Waals surface area (Å²) in [5.74, 6) is 1.73. The maximum absolute atomic E-state index is 3.72. The van der Waals surface area contributed by atoms with Gasteiger partial charge in [0.2, 0.25) is 0 Å². The van der Waals surface area contributed by atoms with E-state index in [2.05, 4.69) is 33.0 Å².